The molecule has 1 unspecified atom stereocenters. The van der Waals surface area contributed by atoms with Gasteiger partial charge in [-0.05, 0) is 43.3 Å². The van der Waals surface area contributed by atoms with Crippen molar-refractivity contribution in [3.8, 4) is 0 Å². The fourth-order valence-corrected chi connectivity index (χ4v) is 2.65. The molecule has 0 spiro atoms. The van der Waals surface area contributed by atoms with E-state index in [-0.39, 0.29) is 12.0 Å². The Morgan fingerprint density at radius 1 is 1.56 bits per heavy atom. The van der Waals surface area contributed by atoms with E-state index >= 15 is 0 Å². The average Bonchev–Trinajstić information content (AvgIpc) is 2.36. The van der Waals surface area contributed by atoms with Gasteiger partial charge in [0.15, 0.2) is 0 Å². The molecule has 2 aliphatic rings. The third-order valence-corrected chi connectivity index (χ3v) is 3.79. The Morgan fingerprint density at radius 2 is 2.39 bits per heavy atom. The predicted octanol–water partition coefficient (Wildman–Crippen LogP) is 4.12. The second-order valence-corrected chi connectivity index (χ2v) is 5.20. The van der Waals surface area contributed by atoms with Gasteiger partial charge in [0.2, 0.25) is 0 Å². The van der Waals surface area contributed by atoms with Crippen molar-refractivity contribution in [3.05, 3.63) is 36.1 Å². The van der Waals surface area contributed by atoms with Crippen molar-refractivity contribution in [3.63, 3.8) is 0 Å². The summed E-state index contributed by atoms with van der Waals surface area (Å²) in [5, 5.41) is 0. The molecule has 0 heterocycles. The molecule has 0 aromatic carbocycles. The Hall–Kier alpha value is -1.51. The first-order valence-electron chi connectivity index (χ1n) is 6.51. The van der Waals surface area contributed by atoms with E-state index in [0.29, 0.717) is 5.76 Å². The fourth-order valence-electron chi connectivity index (χ4n) is 2.65. The molecule has 98 valence electrons. The van der Waals surface area contributed by atoms with E-state index in [4.69, 9.17) is 9.47 Å². The second-order valence-electron chi connectivity index (χ2n) is 5.20. The highest BCUT2D eigenvalue weighted by Gasteiger charge is 2.33. The summed E-state index contributed by atoms with van der Waals surface area (Å²) in [5.41, 5.74) is 1.68. The first kappa shape index (κ1) is 12.9. The number of allylic oxidation sites excluding steroid dienone is 3. The van der Waals surface area contributed by atoms with Crippen LogP contribution in [0.2, 0.25) is 0 Å². The maximum atomic E-state index is 11.3. The predicted molar refractivity (Wildman–Crippen MR) is 70.0 cm³/mol. The molecule has 3 nitrogen and oxygen atoms in total. The van der Waals surface area contributed by atoms with E-state index in [9.17, 15) is 4.79 Å². The Morgan fingerprint density at radius 3 is 3.17 bits per heavy atom. The minimum Gasteiger partial charge on any atom is -0.430 e. The molecule has 18 heavy (non-hydrogen) atoms. The molecule has 0 bridgehead atoms. The zero-order chi connectivity index (χ0) is 13.0. The number of fused-ring (bicyclic) bond motifs is 1. The number of hydrogen-bond acceptors (Lipinski definition) is 3. The number of carbonyl (C=O) groups is 1. The molecule has 2 rings (SSSR count). The molecule has 0 saturated heterocycles. The van der Waals surface area contributed by atoms with Crippen LogP contribution in [-0.2, 0) is 9.47 Å². The van der Waals surface area contributed by atoms with Crippen molar-refractivity contribution in [1.82, 2.24) is 0 Å². The van der Waals surface area contributed by atoms with Crippen molar-refractivity contribution < 1.29 is 14.3 Å². The Balaban J connectivity index is 1.98. The first-order valence-corrected chi connectivity index (χ1v) is 6.51. The van der Waals surface area contributed by atoms with Crippen molar-refractivity contribution >= 4 is 6.16 Å². The number of carbonyl (C=O) groups excluding carboxylic acids is 1. The monoisotopic (exact) mass is 248 g/mol. The van der Waals surface area contributed by atoms with Crippen molar-refractivity contribution in [2.24, 2.45) is 5.41 Å². The van der Waals surface area contributed by atoms with Gasteiger partial charge >= 0.3 is 6.16 Å². The van der Waals surface area contributed by atoms with Crippen molar-refractivity contribution in [1.29, 1.82) is 0 Å². The molecular formula is C15H20O3. The fraction of sp³-hybridized carbons (Fsp3) is 0.533. The minimum absolute atomic E-state index is 0.181. The quantitative estimate of drug-likeness (QED) is 0.556. The summed E-state index contributed by atoms with van der Waals surface area (Å²) in [6.07, 6.45) is 10.7. The summed E-state index contributed by atoms with van der Waals surface area (Å²) in [7, 11) is 0. The van der Waals surface area contributed by atoms with Crippen LogP contribution in [0.5, 0.6) is 0 Å². The molecule has 0 aromatic heterocycles. The Bertz CT molecular complexity index is 406. The maximum Gasteiger partial charge on any atom is 0.514 e. The van der Waals surface area contributed by atoms with E-state index in [1.54, 1.807) is 0 Å². The van der Waals surface area contributed by atoms with Crippen LogP contribution in [-0.4, -0.2) is 12.8 Å². The van der Waals surface area contributed by atoms with E-state index in [1.807, 2.05) is 12.2 Å². The van der Waals surface area contributed by atoms with Gasteiger partial charge < -0.3 is 9.47 Å². The third-order valence-electron chi connectivity index (χ3n) is 3.79. The highest BCUT2D eigenvalue weighted by molar-refractivity contribution is 5.62. The molecule has 0 aromatic rings. The zero-order valence-electron chi connectivity index (χ0n) is 10.9. The lowest BCUT2D eigenvalue weighted by Gasteiger charge is -2.38. The highest BCUT2D eigenvalue weighted by Crippen LogP contribution is 2.46. The van der Waals surface area contributed by atoms with Gasteiger partial charge in [0, 0.05) is 0 Å². The van der Waals surface area contributed by atoms with Gasteiger partial charge in [-0.3, -0.25) is 0 Å². The van der Waals surface area contributed by atoms with Gasteiger partial charge in [0.1, 0.15) is 12.4 Å². The van der Waals surface area contributed by atoms with Crippen molar-refractivity contribution in [2.45, 2.75) is 39.0 Å². The van der Waals surface area contributed by atoms with Gasteiger partial charge in [-0.15, -0.1) is 0 Å². The van der Waals surface area contributed by atoms with Crippen LogP contribution >= 0.6 is 0 Å². The van der Waals surface area contributed by atoms with Gasteiger partial charge in [-0.25, -0.2) is 4.79 Å². The third kappa shape index (κ3) is 2.84. The van der Waals surface area contributed by atoms with Gasteiger partial charge in [-0.1, -0.05) is 31.6 Å². The molecule has 3 heteroatoms. The van der Waals surface area contributed by atoms with Crippen molar-refractivity contribution in [2.75, 3.05) is 6.61 Å². The average molecular weight is 248 g/mol. The maximum absolute atomic E-state index is 11.3. The lowest BCUT2D eigenvalue weighted by atomic mass is 9.68. The number of ether oxygens (including phenoxy) is 2. The molecule has 0 aliphatic heterocycles. The molecule has 0 radical (unpaired) electrons. The molecular weight excluding hydrogens is 228 g/mol. The summed E-state index contributed by atoms with van der Waals surface area (Å²) < 4.78 is 9.97. The number of rotatable bonds is 3. The first-order chi connectivity index (χ1) is 8.64. The van der Waals surface area contributed by atoms with Crippen LogP contribution in [0.4, 0.5) is 4.79 Å². The topological polar surface area (TPSA) is 35.5 Å². The Kier molecular flexibility index (Phi) is 3.90. The molecule has 1 atom stereocenters. The molecule has 0 amide bonds. The molecule has 1 saturated carbocycles. The smallest absolute Gasteiger partial charge is 0.430 e. The van der Waals surface area contributed by atoms with Crippen LogP contribution in [0.25, 0.3) is 0 Å². The molecule has 1 fully saturated rings. The van der Waals surface area contributed by atoms with Gasteiger partial charge in [-0.2, -0.15) is 0 Å². The number of hydrogen-bond donors (Lipinski definition) is 0. The summed E-state index contributed by atoms with van der Waals surface area (Å²) in [5.74, 6) is 0.624. The minimum atomic E-state index is -0.655. The van der Waals surface area contributed by atoms with E-state index in [1.165, 1.54) is 30.9 Å². The van der Waals surface area contributed by atoms with Gasteiger partial charge in [0.25, 0.3) is 0 Å². The summed E-state index contributed by atoms with van der Waals surface area (Å²) >= 11 is 0. The van der Waals surface area contributed by atoms with E-state index in [2.05, 4.69) is 13.5 Å². The lowest BCUT2D eigenvalue weighted by Crippen LogP contribution is -2.25. The molecule has 0 N–H and O–H groups in total. The molecule has 2 aliphatic carbocycles. The summed E-state index contributed by atoms with van der Waals surface area (Å²) in [6.45, 7) is 5.96. The van der Waals surface area contributed by atoms with Gasteiger partial charge in [0.05, 0.1) is 0 Å². The zero-order valence-corrected chi connectivity index (χ0v) is 10.9. The Labute approximate surface area is 108 Å². The SMILES string of the molecule is C=CCOC(=O)OC1=CCC2(C)CCCCC2=C1. The van der Waals surface area contributed by atoms with Crippen LogP contribution in [0, 0.1) is 5.41 Å². The standard InChI is InChI=1S/C15H20O3/c1-3-10-17-14(16)18-13-7-9-15(2)8-5-4-6-12(15)11-13/h3,7,11H,1,4-6,8-10H2,2H3. The van der Waals surface area contributed by atoms with Crippen LogP contribution in [0.3, 0.4) is 0 Å². The lowest BCUT2D eigenvalue weighted by molar-refractivity contribution is 0.0876. The van der Waals surface area contributed by atoms with Crippen LogP contribution in [0.15, 0.2) is 36.1 Å². The van der Waals surface area contributed by atoms with Crippen LogP contribution in [0.1, 0.15) is 39.0 Å². The van der Waals surface area contributed by atoms with E-state index in [0.717, 1.165) is 12.8 Å². The second kappa shape index (κ2) is 5.42. The van der Waals surface area contributed by atoms with Crippen LogP contribution < -0.4 is 0 Å². The normalized spacial score (nSPS) is 26.5. The summed E-state index contributed by atoms with van der Waals surface area (Å²) in [6, 6.07) is 0. The summed E-state index contributed by atoms with van der Waals surface area (Å²) in [4.78, 5) is 11.3. The largest absolute Gasteiger partial charge is 0.514 e. The highest BCUT2D eigenvalue weighted by atomic mass is 16.7. The van der Waals surface area contributed by atoms with E-state index < -0.39 is 6.16 Å².